The molecule has 86 valence electrons. The van der Waals surface area contributed by atoms with Crippen molar-refractivity contribution in [2.24, 2.45) is 7.05 Å². The van der Waals surface area contributed by atoms with Gasteiger partial charge in [0.15, 0.2) is 0 Å². The van der Waals surface area contributed by atoms with E-state index < -0.39 is 5.82 Å². The van der Waals surface area contributed by atoms with Gasteiger partial charge in [0.25, 0.3) is 0 Å². The molecule has 3 nitrogen and oxygen atoms in total. The molecule has 0 bridgehead atoms. The molecule has 2 aromatic rings. The molecule has 1 N–H and O–H groups in total. The summed E-state index contributed by atoms with van der Waals surface area (Å²) < 4.78 is 14.9. The van der Waals surface area contributed by atoms with Crippen molar-refractivity contribution >= 4 is 5.69 Å². The van der Waals surface area contributed by atoms with Gasteiger partial charge in [-0.3, -0.25) is 0 Å². The lowest BCUT2D eigenvalue weighted by Crippen LogP contribution is -2.00. The summed E-state index contributed by atoms with van der Waals surface area (Å²) in [5.74, 6) is -0.396. The average Bonchev–Trinajstić information content (AvgIpc) is 2.73. The zero-order chi connectivity index (χ0) is 12.3. The second-order valence-corrected chi connectivity index (χ2v) is 3.84. The Kier molecular flexibility index (Phi) is 3.10. The van der Waals surface area contributed by atoms with E-state index in [0.717, 1.165) is 5.56 Å². The minimum absolute atomic E-state index is 0.320. The highest BCUT2D eigenvalue weighted by molar-refractivity contribution is 5.57. The molecular weight excluding hydrogens is 217 g/mol. The Balaban J connectivity index is 2.12. The number of aromatic nitrogens is 1. The third kappa shape index (κ3) is 2.64. The predicted molar refractivity (Wildman–Crippen MR) is 63.9 cm³/mol. The summed E-state index contributed by atoms with van der Waals surface area (Å²) >= 11 is 0. The van der Waals surface area contributed by atoms with Crippen molar-refractivity contribution in [3.8, 4) is 6.07 Å². The van der Waals surface area contributed by atoms with Gasteiger partial charge >= 0.3 is 0 Å². The molecule has 0 atom stereocenters. The summed E-state index contributed by atoms with van der Waals surface area (Å²) in [6.07, 6.45) is 3.94. The Morgan fingerprint density at radius 1 is 1.41 bits per heavy atom. The van der Waals surface area contributed by atoms with Crippen molar-refractivity contribution in [2.75, 3.05) is 5.32 Å². The van der Waals surface area contributed by atoms with E-state index in [1.54, 1.807) is 6.07 Å². The Hall–Kier alpha value is -2.28. The van der Waals surface area contributed by atoms with Crippen LogP contribution in [0.2, 0.25) is 0 Å². The molecule has 17 heavy (non-hydrogen) atoms. The van der Waals surface area contributed by atoms with Crippen LogP contribution in [0.3, 0.4) is 0 Å². The highest BCUT2D eigenvalue weighted by Gasteiger charge is 2.03. The van der Waals surface area contributed by atoms with Crippen molar-refractivity contribution < 1.29 is 4.39 Å². The maximum atomic E-state index is 12.9. The number of aryl methyl sites for hydroxylation is 1. The molecular formula is C13H12FN3. The van der Waals surface area contributed by atoms with Crippen molar-refractivity contribution in [3.05, 3.63) is 53.6 Å². The number of halogens is 1. The van der Waals surface area contributed by atoms with Crippen LogP contribution < -0.4 is 5.32 Å². The zero-order valence-electron chi connectivity index (χ0n) is 9.44. The third-order valence-corrected chi connectivity index (χ3v) is 2.48. The highest BCUT2D eigenvalue weighted by Crippen LogP contribution is 2.17. The van der Waals surface area contributed by atoms with Gasteiger partial charge in [-0.25, -0.2) is 4.39 Å². The Bertz CT molecular complexity index is 566. The van der Waals surface area contributed by atoms with E-state index in [9.17, 15) is 4.39 Å². The Labute approximate surface area is 99.1 Å². The normalized spacial score (nSPS) is 9.94. The van der Waals surface area contributed by atoms with Crippen molar-refractivity contribution in [1.82, 2.24) is 4.57 Å². The fourth-order valence-corrected chi connectivity index (χ4v) is 1.63. The predicted octanol–water partition coefficient (Wildman–Crippen LogP) is 2.65. The van der Waals surface area contributed by atoms with Crippen LogP contribution in [-0.4, -0.2) is 4.57 Å². The number of rotatable bonds is 3. The average molecular weight is 229 g/mol. The number of hydrogen-bond donors (Lipinski definition) is 1. The molecule has 0 unspecified atom stereocenters. The fourth-order valence-electron chi connectivity index (χ4n) is 1.63. The maximum absolute atomic E-state index is 12.9. The molecule has 0 saturated carbocycles. The van der Waals surface area contributed by atoms with Crippen LogP contribution in [0.15, 0.2) is 36.7 Å². The molecule has 1 aromatic heterocycles. The monoisotopic (exact) mass is 229 g/mol. The third-order valence-electron chi connectivity index (χ3n) is 2.48. The van der Waals surface area contributed by atoms with E-state index >= 15 is 0 Å². The van der Waals surface area contributed by atoms with Gasteiger partial charge in [-0.2, -0.15) is 5.26 Å². The topological polar surface area (TPSA) is 40.8 Å². The minimum Gasteiger partial charge on any atom is -0.380 e. The number of anilines is 1. The first-order valence-electron chi connectivity index (χ1n) is 5.23. The van der Waals surface area contributed by atoms with Gasteiger partial charge in [-0.1, -0.05) is 0 Å². The fraction of sp³-hybridized carbons (Fsp3) is 0.154. The zero-order valence-corrected chi connectivity index (χ0v) is 9.44. The van der Waals surface area contributed by atoms with Crippen molar-refractivity contribution in [2.45, 2.75) is 6.54 Å². The van der Waals surface area contributed by atoms with Crippen LogP contribution in [0.1, 0.15) is 11.1 Å². The molecule has 0 aliphatic carbocycles. The number of nitrogens with zero attached hydrogens (tertiary/aromatic N) is 2. The molecule has 0 spiro atoms. The van der Waals surface area contributed by atoms with E-state index in [4.69, 9.17) is 5.26 Å². The quantitative estimate of drug-likeness (QED) is 0.879. The summed E-state index contributed by atoms with van der Waals surface area (Å²) in [4.78, 5) is 0. The molecule has 0 aliphatic rings. The number of benzene rings is 1. The highest BCUT2D eigenvalue weighted by atomic mass is 19.1. The summed E-state index contributed by atoms with van der Waals surface area (Å²) in [6.45, 7) is 0.612. The number of hydrogen-bond acceptors (Lipinski definition) is 2. The molecule has 0 aliphatic heterocycles. The van der Waals surface area contributed by atoms with Crippen LogP contribution >= 0.6 is 0 Å². The lowest BCUT2D eigenvalue weighted by Gasteiger charge is -2.06. The minimum atomic E-state index is -0.396. The van der Waals surface area contributed by atoms with Gasteiger partial charge in [0.05, 0.1) is 11.3 Å². The molecule has 1 aromatic carbocycles. The molecule has 1 heterocycles. The lowest BCUT2D eigenvalue weighted by atomic mass is 10.2. The van der Waals surface area contributed by atoms with E-state index in [0.29, 0.717) is 17.8 Å². The van der Waals surface area contributed by atoms with Crippen molar-refractivity contribution in [3.63, 3.8) is 0 Å². The Morgan fingerprint density at radius 2 is 2.24 bits per heavy atom. The van der Waals surface area contributed by atoms with Gasteiger partial charge < -0.3 is 9.88 Å². The smallest absolute Gasteiger partial charge is 0.124 e. The van der Waals surface area contributed by atoms with Crippen LogP contribution in [0, 0.1) is 17.1 Å². The van der Waals surface area contributed by atoms with Crippen LogP contribution in [0.25, 0.3) is 0 Å². The van der Waals surface area contributed by atoms with E-state index in [1.165, 1.54) is 12.1 Å². The lowest BCUT2D eigenvalue weighted by molar-refractivity contribution is 0.627. The van der Waals surface area contributed by atoms with E-state index in [2.05, 4.69) is 5.32 Å². The first kappa shape index (κ1) is 11.2. The Morgan fingerprint density at radius 3 is 2.88 bits per heavy atom. The molecule has 4 heteroatoms. The largest absolute Gasteiger partial charge is 0.380 e. The summed E-state index contributed by atoms with van der Waals surface area (Å²) in [5, 5.41) is 12.0. The molecule has 0 amide bonds. The van der Waals surface area contributed by atoms with Gasteiger partial charge in [0.1, 0.15) is 11.9 Å². The van der Waals surface area contributed by atoms with Gasteiger partial charge in [0, 0.05) is 26.0 Å². The van der Waals surface area contributed by atoms with E-state index in [-0.39, 0.29) is 0 Å². The van der Waals surface area contributed by atoms with Crippen LogP contribution in [0.4, 0.5) is 10.1 Å². The SMILES string of the molecule is Cn1ccc(CNc2ccc(F)cc2C#N)c1. The molecule has 0 saturated heterocycles. The summed E-state index contributed by atoms with van der Waals surface area (Å²) in [6, 6.07) is 8.11. The standard InChI is InChI=1S/C13H12FN3/c1-17-5-4-10(9-17)8-16-13-3-2-12(14)6-11(13)7-15/h2-6,9,16H,8H2,1H3. The van der Waals surface area contributed by atoms with Gasteiger partial charge in [-0.05, 0) is 29.8 Å². The summed E-state index contributed by atoms with van der Waals surface area (Å²) in [5.41, 5.74) is 2.08. The molecule has 2 rings (SSSR count). The molecule has 0 fully saturated rings. The molecule has 0 radical (unpaired) electrons. The van der Waals surface area contributed by atoms with Crippen LogP contribution in [-0.2, 0) is 13.6 Å². The summed E-state index contributed by atoms with van der Waals surface area (Å²) in [7, 11) is 1.95. The maximum Gasteiger partial charge on any atom is 0.124 e. The van der Waals surface area contributed by atoms with Gasteiger partial charge in [-0.15, -0.1) is 0 Å². The van der Waals surface area contributed by atoms with Gasteiger partial charge in [0.2, 0.25) is 0 Å². The van der Waals surface area contributed by atoms with Crippen LogP contribution in [0.5, 0.6) is 0 Å². The number of nitrogens with one attached hydrogen (secondary N) is 1. The second-order valence-electron chi connectivity index (χ2n) is 3.84. The number of nitriles is 1. The van der Waals surface area contributed by atoms with Crippen molar-refractivity contribution in [1.29, 1.82) is 5.26 Å². The van der Waals surface area contributed by atoms with E-state index in [1.807, 2.05) is 36.1 Å². The first-order valence-corrected chi connectivity index (χ1v) is 5.23. The second kappa shape index (κ2) is 4.71. The first-order chi connectivity index (χ1) is 8.19.